The van der Waals surface area contributed by atoms with Crippen LogP contribution in [0.5, 0.6) is 11.5 Å². The van der Waals surface area contributed by atoms with Crippen molar-refractivity contribution in [1.29, 1.82) is 0 Å². The van der Waals surface area contributed by atoms with Gasteiger partial charge in [-0.25, -0.2) is 4.39 Å². The molecule has 1 atom stereocenters. The number of ether oxygens (including phenoxy) is 1. The zero-order chi connectivity index (χ0) is 14.0. The molecule has 0 radical (unpaired) electrons. The van der Waals surface area contributed by atoms with Crippen LogP contribution in [-0.2, 0) is 0 Å². The molecule has 0 heterocycles. The van der Waals surface area contributed by atoms with Gasteiger partial charge in [0.25, 0.3) is 0 Å². The van der Waals surface area contributed by atoms with E-state index in [0.717, 1.165) is 10.0 Å². The second kappa shape index (κ2) is 6.03. The zero-order valence-electron chi connectivity index (χ0n) is 10.2. The van der Waals surface area contributed by atoms with Crippen molar-refractivity contribution in [3.8, 4) is 11.5 Å². The van der Waals surface area contributed by atoms with Gasteiger partial charge in [0.2, 0.25) is 0 Å². The van der Waals surface area contributed by atoms with Crippen LogP contribution in [0.4, 0.5) is 4.39 Å². The second-order valence-electron chi connectivity index (χ2n) is 4.16. The third-order valence-corrected chi connectivity index (χ3v) is 3.87. The van der Waals surface area contributed by atoms with Crippen molar-refractivity contribution in [2.24, 2.45) is 5.73 Å². The first-order valence-electron chi connectivity index (χ1n) is 5.65. The first-order valence-corrected chi connectivity index (χ1v) is 7.24. The van der Waals surface area contributed by atoms with E-state index in [-0.39, 0.29) is 11.9 Å². The first-order chi connectivity index (χ1) is 8.97. The predicted molar refractivity (Wildman–Crippen MR) is 80.9 cm³/mol. The molecule has 0 bridgehead atoms. The average molecular weight is 389 g/mol. The maximum Gasteiger partial charge on any atom is 0.144 e. The molecule has 0 fully saturated rings. The summed E-state index contributed by atoms with van der Waals surface area (Å²) in [6, 6.07) is 9.84. The van der Waals surface area contributed by atoms with E-state index >= 15 is 0 Å². The van der Waals surface area contributed by atoms with Gasteiger partial charge in [-0.2, -0.15) is 0 Å². The Kier molecular flexibility index (Phi) is 4.60. The summed E-state index contributed by atoms with van der Waals surface area (Å²) in [4.78, 5) is 0. The Morgan fingerprint density at radius 1 is 1.05 bits per heavy atom. The van der Waals surface area contributed by atoms with Crippen LogP contribution in [0, 0.1) is 5.82 Å². The van der Waals surface area contributed by atoms with Crippen LogP contribution in [0.15, 0.2) is 45.3 Å². The Morgan fingerprint density at radius 3 is 2.42 bits per heavy atom. The van der Waals surface area contributed by atoms with Crippen molar-refractivity contribution in [3.63, 3.8) is 0 Å². The predicted octanol–water partition coefficient (Wildman–Crippen LogP) is 5.16. The summed E-state index contributed by atoms with van der Waals surface area (Å²) >= 11 is 6.75. The fourth-order valence-electron chi connectivity index (χ4n) is 1.56. The van der Waals surface area contributed by atoms with E-state index in [2.05, 4.69) is 31.9 Å². The van der Waals surface area contributed by atoms with Crippen molar-refractivity contribution < 1.29 is 9.13 Å². The topological polar surface area (TPSA) is 35.2 Å². The SMILES string of the molecule is C[C@@H](N)c1ccc(Oc2cc(F)ccc2Br)c(Br)c1. The Bertz CT molecular complexity index is 602. The smallest absolute Gasteiger partial charge is 0.144 e. The lowest BCUT2D eigenvalue weighted by Gasteiger charge is -2.12. The molecule has 0 aromatic heterocycles. The summed E-state index contributed by atoms with van der Waals surface area (Å²) in [6.45, 7) is 1.91. The van der Waals surface area contributed by atoms with E-state index in [9.17, 15) is 4.39 Å². The molecule has 5 heteroatoms. The molecule has 0 amide bonds. The fraction of sp³-hybridized carbons (Fsp3) is 0.143. The molecule has 0 spiro atoms. The normalized spacial score (nSPS) is 12.3. The van der Waals surface area contributed by atoms with Gasteiger partial charge in [0.05, 0.1) is 8.95 Å². The monoisotopic (exact) mass is 387 g/mol. The molecule has 2 rings (SSSR count). The van der Waals surface area contributed by atoms with Gasteiger partial charge in [-0.1, -0.05) is 6.07 Å². The van der Waals surface area contributed by atoms with Crippen LogP contribution >= 0.6 is 31.9 Å². The lowest BCUT2D eigenvalue weighted by molar-refractivity contribution is 0.470. The van der Waals surface area contributed by atoms with E-state index < -0.39 is 0 Å². The molecule has 2 aromatic carbocycles. The molecule has 2 N–H and O–H groups in total. The summed E-state index contributed by atoms with van der Waals surface area (Å²) in [5, 5.41) is 0. The van der Waals surface area contributed by atoms with Gasteiger partial charge in [-0.3, -0.25) is 0 Å². The highest BCUT2D eigenvalue weighted by atomic mass is 79.9. The molecule has 0 unspecified atom stereocenters. The van der Waals surface area contributed by atoms with Crippen LogP contribution in [0.25, 0.3) is 0 Å². The fourth-order valence-corrected chi connectivity index (χ4v) is 2.36. The first kappa shape index (κ1) is 14.5. The summed E-state index contributed by atoms with van der Waals surface area (Å²) in [6.07, 6.45) is 0. The maximum absolute atomic E-state index is 13.2. The molecule has 0 aliphatic heterocycles. The van der Waals surface area contributed by atoms with Gasteiger partial charge in [-0.05, 0) is 68.6 Å². The molecule has 2 aromatic rings. The van der Waals surface area contributed by atoms with E-state index in [0.29, 0.717) is 16.0 Å². The Labute approximate surface area is 128 Å². The molecule has 0 aliphatic carbocycles. The van der Waals surface area contributed by atoms with E-state index in [1.54, 1.807) is 12.1 Å². The highest BCUT2D eigenvalue weighted by Crippen LogP contribution is 2.35. The Morgan fingerprint density at radius 2 is 1.79 bits per heavy atom. The standard InChI is InChI=1S/C14H12Br2FNO/c1-8(18)9-2-5-13(12(16)6-9)19-14-7-10(17)3-4-11(14)15/h2-8H,18H2,1H3/t8-/m1/s1. The molecule has 0 aliphatic rings. The molecule has 0 saturated heterocycles. The number of hydrogen-bond acceptors (Lipinski definition) is 2. The van der Waals surface area contributed by atoms with Gasteiger partial charge in [0.1, 0.15) is 17.3 Å². The van der Waals surface area contributed by atoms with Gasteiger partial charge in [0.15, 0.2) is 0 Å². The van der Waals surface area contributed by atoms with Crippen LogP contribution in [0.3, 0.4) is 0 Å². The van der Waals surface area contributed by atoms with Crippen LogP contribution in [-0.4, -0.2) is 0 Å². The number of nitrogens with two attached hydrogens (primary N) is 1. The number of benzene rings is 2. The molecule has 2 nitrogen and oxygen atoms in total. The number of rotatable bonds is 3. The van der Waals surface area contributed by atoms with Crippen molar-refractivity contribution in [2.45, 2.75) is 13.0 Å². The number of hydrogen-bond donors (Lipinski definition) is 1. The quantitative estimate of drug-likeness (QED) is 0.787. The van der Waals surface area contributed by atoms with Crippen LogP contribution in [0.2, 0.25) is 0 Å². The van der Waals surface area contributed by atoms with Crippen molar-refractivity contribution in [3.05, 3.63) is 56.7 Å². The minimum absolute atomic E-state index is 0.0498. The summed E-state index contributed by atoms with van der Waals surface area (Å²) in [7, 11) is 0. The van der Waals surface area contributed by atoms with Crippen molar-refractivity contribution >= 4 is 31.9 Å². The zero-order valence-corrected chi connectivity index (χ0v) is 13.3. The lowest BCUT2D eigenvalue weighted by atomic mass is 10.1. The van der Waals surface area contributed by atoms with E-state index in [1.165, 1.54) is 12.1 Å². The molecule has 100 valence electrons. The third kappa shape index (κ3) is 3.55. The van der Waals surface area contributed by atoms with E-state index in [4.69, 9.17) is 10.5 Å². The molecular weight excluding hydrogens is 377 g/mol. The molecular formula is C14H12Br2FNO. The van der Waals surface area contributed by atoms with Gasteiger partial charge >= 0.3 is 0 Å². The highest BCUT2D eigenvalue weighted by molar-refractivity contribution is 9.11. The second-order valence-corrected chi connectivity index (χ2v) is 5.86. The minimum Gasteiger partial charge on any atom is -0.455 e. The summed E-state index contributed by atoms with van der Waals surface area (Å²) in [5.74, 6) is 0.687. The summed E-state index contributed by atoms with van der Waals surface area (Å²) < 4.78 is 20.3. The molecule has 19 heavy (non-hydrogen) atoms. The van der Waals surface area contributed by atoms with Crippen LogP contribution in [0.1, 0.15) is 18.5 Å². The van der Waals surface area contributed by atoms with Crippen molar-refractivity contribution in [2.75, 3.05) is 0 Å². The Hall–Kier alpha value is -0.910. The highest BCUT2D eigenvalue weighted by Gasteiger charge is 2.09. The third-order valence-electron chi connectivity index (χ3n) is 2.59. The minimum atomic E-state index is -0.346. The van der Waals surface area contributed by atoms with Crippen LogP contribution < -0.4 is 10.5 Å². The van der Waals surface area contributed by atoms with Gasteiger partial charge in [0, 0.05) is 12.1 Å². The van der Waals surface area contributed by atoms with Gasteiger partial charge < -0.3 is 10.5 Å². The average Bonchev–Trinajstić information content (AvgIpc) is 2.36. The molecule has 0 saturated carbocycles. The van der Waals surface area contributed by atoms with Crippen molar-refractivity contribution in [1.82, 2.24) is 0 Å². The maximum atomic E-state index is 13.2. The van der Waals surface area contributed by atoms with Gasteiger partial charge in [-0.15, -0.1) is 0 Å². The Balaban J connectivity index is 2.31. The number of halogens is 3. The largest absolute Gasteiger partial charge is 0.455 e. The summed E-state index contributed by atoms with van der Waals surface area (Å²) in [5.41, 5.74) is 6.81. The lowest BCUT2D eigenvalue weighted by Crippen LogP contribution is -2.04. The van der Waals surface area contributed by atoms with E-state index in [1.807, 2.05) is 19.1 Å².